The van der Waals surface area contributed by atoms with Crippen molar-refractivity contribution < 1.29 is 4.79 Å². The number of amides is 1. The van der Waals surface area contributed by atoms with Gasteiger partial charge in [-0.25, -0.2) is 0 Å². The van der Waals surface area contributed by atoms with Crippen molar-refractivity contribution in [2.75, 3.05) is 38.1 Å². The molecule has 0 aliphatic carbocycles. The molecule has 102 valence electrons. The van der Waals surface area contributed by atoms with Crippen LogP contribution in [-0.4, -0.2) is 44.0 Å². The summed E-state index contributed by atoms with van der Waals surface area (Å²) in [6, 6.07) is 8.39. The summed E-state index contributed by atoms with van der Waals surface area (Å²) in [5.74, 6) is 0.491. The monoisotopic (exact) mass is 259 g/mol. The van der Waals surface area contributed by atoms with E-state index in [2.05, 4.69) is 41.5 Å². The molecule has 0 radical (unpaired) electrons. The highest BCUT2D eigenvalue weighted by Gasteiger charge is 2.29. The molecule has 1 aromatic rings. The zero-order chi connectivity index (χ0) is 13.2. The molecule has 0 aromatic heterocycles. The van der Waals surface area contributed by atoms with Crippen molar-refractivity contribution in [3.63, 3.8) is 0 Å². The molecule has 2 heterocycles. The second-order valence-corrected chi connectivity index (χ2v) is 5.50. The molecule has 1 N–H and O–H groups in total. The van der Waals surface area contributed by atoms with Gasteiger partial charge in [0.2, 0.25) is 5.91 Å². The number of anilines is 1. The second kappa shape index (κ2) is 5.21. The average molecular weight is 259 g/mol. The zero-order valence-electron chi connectivity index (χ0n) is 11.4. The van der Waals surface area contributed by atoms with Crippen LogP contribution in [0.4, 0.5) is 5.69 Å². The predicted molar refractivity (Wildman–Crippen MR) is 76.1 cm³/mol. The smallest absolute Gasteiger partial charge is 0.227 e. The van der Waals surface area contributed by atoms with Crippen molar-refractivity contribution >= 4 is 11.6 Å². The quantitative estimate of drug-likeness (QED) is 0.819. The topological polar surface area (TPSA) is 35.6 Å². The number of carbonyl (C=O) groups is 1. The maximum absolute atomic E-state index is 12.5. The fourth-order valence-corrected chi connectivity index (χ4v) is 3.00. The number of para-hydroxylation sites is 1. The van der Waals surface area contributed by atoms with Crippen molar-refractivity contribution in [3.8, 4) is 0 Å². The van der Waals surface area contributed by atoms with Crippen LogP contribution < -0.4 is 10.2 Å². The van der Waals surface area contributed by atoms with E-state index in [0.717, 1.165) is 39.1 Å². The summed E-state index contributed by atoms with van der Waals surface area (Å²) >= 11 is 0. The minimum absolute atomic E-state index is 0.176. The summed E-state index contributed by atoms with van der Waals surface area (Å²) in [5, 5.41) is 3.28. The van der Waals surface area contributed by atoms with Crippen LogP contribution in [0.25, 0.3) is 0 Å². The number of hydrogen-bond donors (Lipinski definition) is 1. The molecule has 0 spiro atoms. The van der Waals surface area contributed by atoms with Gasteiger partial charge in [-0.3, -0.25) is 4.79 Å². The van der Waals surface area contributed by atoms with E-state index in [4.69, 9.17) is 0 Å². The third-order valence-electron chi connectivity index (χ3n) is 4.19. The third kappa shape index (κ3) is 2.45. The van der Waals surface area contributed by atoms with Gasteiger partial charge in [0.15, 0.2) is 0 Å². The SMILES string of the molecule is CN1CCN(C(=O)C2CCNC2)Cc2ccccc21. The Balaban J connectivity index is 1.80. The molecule has 1 fully saturated rings. The van der Waals surface area contributed by atoms with Crippen molar-refractivity contribution in [3.05, 3.63) is 29.8 Å². The lowest BCUT2D eigenvalue weighted by Gasteiger charge is -2.23. The molecule has 1 amide bonds. The normalized spacial score (nSPS) is 23.1. The Hall–Kier alpha value is -1.55. The minimum atomic E-state index is 0.176. The summed E-state index contributed by atoms with van der Waals surface area (Å²) in [6.07, 6.45) is 0.979. The van der Waals surface area contributed by atoms with Gasteiger partial charge in [0.25, 0.3) is 0 Å². The molecule has 2 aliphatic rings. The lowest BCUT2D eigenvalue weighted by atomic mass is 10.1. The van der Waals surface area contributed by atoms with Crippen LogP contribution in [-0.2, 0) is 11.3 Å². The van der Waals surface area contributed by atoms with E-state index < -0.39 is 0 Å². The second-order valence-electron chi connectivity index (χ2n) is 5.50. The number of hydrogen-bond acceptors (Lipinski definition) is 3. The summed E-state index contributed by atoms with van der Waals surface area (Å²) < 4.78 is 0. The van der Waals surface area contributed by atoms with Crippen LogP contribution in [0.1, 0.15) is 12.0 Å². The fraction of sp³-hybridized carbons (Fsp3) is 0.533. The Morgan fingerprint density at radius 1 is 1.32 bits per heavy atom. The van der Waals surface area contributed by atoms with Crippen LogP contribution in [0.5, 0.6) is 0 Å². The standard InChI is InChI=1S/C15H21N3O/c1-17-8-9-18(15(19)12-6-7-16-10-12)11-13-4-2-3-5-14(13)17/h2-5,12,16H,6-11H2,1H3. The van der Waals surface area contributed by atoms with Gasteiger partial charge in [-0.1, -0.05) is 18.2 Å². The summed E-state index contributed by atoms with van der Waals surface area (Å²) in [7, 11) is 2.10. The van der Waals surface area contributed by atoms with Crippen LogP contribution in [0.3, 0.4) is 0 Å². The van der Waals surface area contributed by atoms with E-state index in [0.29, 0.717) is 5.91 Å². The van der Waals surface area contributed by atoms with Crippen LogP contribution >= 0.6 is 0 Å². The number of rotatable bonds is 1. The van der Waals surface area contributed by atoms with Gasteiger partial charge in [-0.15, -0.1) is 0 Å². The predicted octanol–water partition coefficient (Wildman–Crippen LogP) is 1.07. The van der Waals surface area contributed by atoms with Crippen molar-refractivity contribution in [2.45, 2.75) is 13.0 Å². The first kappa shape index (κ1) is 12.5. The molecule has 2 aliphatic heterocycles. The summed E-state index contributed by atoms with van der Waals surface area (Å²) in [4.78, 5) is 16.8. The molecule has 4 nitrogen and oxygen atoms in total. The van der Waals surface area contributed by atoms with E-state index in [-0.39, 0.29) is 5.92 Å². The Labute approximate surface area is 114 Å². The molecular weight excluding hydrogens is 238 g/mol. The molecule has 1 atom stereocenters. The Bertz CT molecular complexity index is 468. The van der Waals surface area contributed by atoms with Gasteiger partial charge < -0.3 is 15.1 Å². The van der Waals surface area contributed by atoms with Crippen LogP contribution in [0.2, 0.25) is 0 Å². The third-order valence-corrected chi connectivity index (χ3v) is 4.19. The van der Waals surface area contributed by atoms with Crippen LogP contribution in [0, 0.1) is 5.92 Å². The first-order valence-electron chi connectivity index (χ1n) is 7.04. The van der Waals surface area contributed by atoms with Gasteiger partial charge in [-0.2, -0.15) is 0 Å². The molecule has 1 aromatic carbocycles. The largest absolute Gasteiger partial charge is 0.373 e. The summed E-state index contributed by atoms with van der Waals surface area (Å²) in [5.41, 5.74) is 2.50. The van der Waals surface area contributed by atoms with Crippen molar-refractivity contribution in [2.24, 2.45) is 5.92 Å². The number of fused-ring (bicyclic) bond motifs is 1. The molecular formula is C15H21N3O. The van der Waals surface area contributed by atoms with Gasteiger partial charge in [0, 0.05) is 38.9 Å². The highest BCUT2D eigenvalue weighted by Crippen LogP contribution is 2.25. The lowest BCUT2D eigenvalue weighted by molar-refractivity contribution is -0.135. The first-order chi connectivity index (χ1) is 9.25. The van der Waals surface area contributed by atoms with E-state index >= 15 is 0 Å². The molecule has 19 heavy (non-hydrogen) atoms. The molecule has 0 bridgehead atoms. The van der Waals surface area contributed by atoms with E-state index in [1.165, 1.54) is 11.3 Å². The number of benzene rings is 1. The molecule has 3 rings (SSSR count). The van der Waals surface area contributed by atoms with Gasteiger partial charge in [0.05, 0.1) is 5.92 Å². The Kier molecular flexibility index (Phi) is 3.42. The number of likely N-dealkylation sites (N-methyl/N-ethyl adjacent to an activating group) is 1. The van der Waals surface area contributed by atoms with Crippen molar-refractivity contribution in [1.29, 1.82) is 0 Å². The number of nitrogens with zero attached hydrogens (tertiary/aromatic N) is 2. The van der Waals surface area contributed by atoms with Crippen LogP contribution in [0.15, 0.2) is 24.3 Å². The average Bonchev–Trinajstić information content (AvgIpc) is 2.91. The first-order valence-corrected chi connectivity index (χ1v) is 7.04. The maximum Gasteiger partial charge on any atom is 0.227 e. The molecule has 1 unspecified atom stereocenters. The van der Waals surface area contributed by atoms with Gasteiger partial charge >= 0.3 is 0 Å². The maximum atomic E-state index is 12.5. The van der Waals surface area contributed by atoms with Gasteiger partial charge in [0.1, 0.15) is 0 Å². The Morgan fingerprint density at radius 3 is 2.95 bits per heavy atom. The molecule has 1 saturated heterocycles. The molecule has 0 saturated carbocycles. The zero-order valence-corrected chi connectivity index (χ0v) is 11.4. The number of nitrogens with one attached hydrogen (secondary N) is 1. The van der Waals surface area contributed by atoms with Crippen molar-refractivity contribution in [1.82, 2.24) is 10.2 Å². The highest BCUT2D eigenvalue weighted by molar-refractivity contribution is 5.80. The van der Waals surface area contributed by atoms with E-state index in [1.54, 1.807) is 0 Å². The molecule has 4 heteroatoms. The minimum Gasteiger partial charge on any atom is -0.373 e. The summed E-state index contributed by atoms with van der Waals surface area (Å²) in [6.45, 7) is 4.28. The van der Waals surface area contributed by atoms with E-state index in [1.807, 2.05) is 4.90 Å². The Morgan fingerprint density at radius 2 is 2.16 bits per heavy atom. The van der Waals surface area contributed by atoms with Gasteiger partial charge in [-0.05, 0) is 24.6 Å². The fourth-order valence-electron chi connectivity index (χ4n) is 3.00. The van der Waals surface area contributed by atoms with E-state index in [9.17, 15) is 4.79 Å². The number of carbonyl (C=O) groups excluding carboxylic acids is 1. The highest BCUT2D eigenvalue weighted by atomic mass is 16.2. The lowest BCUT2D eigenvalue weighted by Crippen LogP contribution is -2.39.